The Morgan fingerprint density at radius 2 is 1.91 bits per heavy atom. The number of rotatable bonds is 6. The molecule has 1 rings (SSSR count). The average Bonchev–Trinajstić information content (AvgIpc) is 2.42. The van der Waals surface area contributed by atoms with Crippen molar-refractivity contribution in [2.45, 2.75) is 65.6 Å². The lowest BCUT2D eigenvalue weighted by Crippen LogP contribution is -2.59. The molecular formula is C15H24O7. The molecule has 7 nitrogen and oxygen atoms in total. The summed E-state index contributed by atoms with van der Waals surface area (Å²) >= 11 is 0. The Morgan fingerprint density at radius 3 is 2.32 bits per heavy atom. The zero-order valence-electron chi connectivity index (χ0n) is 13.9. The summed E-state index contributed by atoms with van der Waals surface area (Å²) in [6, 6.07) is 0. The van der Waals surface area contributed by atoms with Crippen molar-refractivity contribution in [3.8, 4) is 0 Å². The molecule has 1 aliphatic rings. The fourth-order valence-corrected chi connectivity index (χ4v) is 1.53. The van der Waals surface area contributed by atoms with Crippen molar-refractivity contribution in [3.63, 3.8) is 0 Å². The van der Waals surface area contributed by atoms with Gasteiger partial charge in [-0.2, -0.15) is 9.78 Å². The van der Waals surface area contributed by atoms with Gasteiger partial charge in [-0.1, -0.05) is 27.4 Å². The van der Waals surface area contributed by atoms with Gasteiger partial charge in [-0.3, -0.25) is 0 Å². The topological polar surface area (TPSA) is 80.3 Å². The van der Waals surface area contributed by atoms with Crippen molar-refractivity contribution in [2.75, 3.05) is 0 Å². The van der Waals surface area contributed by atoms with Crippen molar-refractivity contribution in [3.05, 3.63) is 12.7 Å². The van der Waals surface area contributed by atoms with Gasteiger partial charge in [-0.05, 0) is 20.3 Å². The lowest BCUT2D eigenvalue weighted by molar-refractivity contribution is -0.595. The maximum atomic E-state index is 12.0. The van der Waals surface area contributed by atoms with Crippen LogP contribution in [0.25, 0.3) is 0 Å². The van der Waals surface area contributed by atoms with Crippen molar-refractivity contribution >= 4 is 12.1 Å². The lowest BCUT2D eigenvalue weighted by atomic mass is 9.75. The van der Waals surface area contributed by atoms with E-state index in [0.29, 0.717) is 0 Å². The number of esters is 1. The molecule has 2 atom stereocenters. The smallest absolute Gasteiger partial charge is 0.428 e. The van der Waals surface area contributed by atoms with Gasteiger partial charge in [0.05, 0.1) is 0 Å². The highest BCUT2D eigenvalue weighted by atomic mass is 17.3. The molecule has 126 valence electrons. The summed E-state index contributed by atoms with van der Waals surface area (Å²) in [5.41, 5.74) is -1.01. The Hall–Kier alpha value is -1.60. The molecule has 0 aromatic carbocycles. The summed E-state index contributed by atoms with van der Waals surface area (Å²) in [5, 5.41) is 0. The van der Waals surface area contributed by atoms with Crippen molar-refractivity contribution < 1.29 is 33.6 Å². The maximum Gasteiger partial charge on any atom is 0.511 e. The van der Waals surface area contributed by atoms with Crippen LogP contribution in [-0.2, 0) is 28.8 Å². The molecule has 0 amide bonds. The van der Waals surface area contributed by atoms with E-state index in [-0.39, 0.29) is 5.41 Å². The van der Waals surface area contributed by atoms with E-state index in [0.717, 1.165) is 12.5 Å². The second-order valence-electron chi connectivity index (χ2n) is 6.37. The average molecular weight is 316 g/mol. The van der Waals surface area contributed by atoms with E-state index < -0.39 is 29.8 Å². The summed E-state index contributed by atoms with van der Waals surface area (Å²) in [7, 11) is 0. The van der Waals surface area contributed by atoms with Crippen LogP contribution < -0.4 is 0 Å². The molecular weight excluding hydrogens is 292 g/mol. The number of hydrogen-bond donors (Lipinski definition) is 0. The molecule has 0 spiro atoms. The summed E-state index contributed by atoms with van der Waals surface area (Å²) in [6.07, 6.45) is -0.332. The third kappa shape index (κ3) is 3.78. The molecule has 0 radical (unpaired) electrons. The highest BCUT2D eigenvalue weighted by molar-refractivity contribution is 5.81. The Balaban J connectivity index is 2.65. The van der Waals surface area contributed by atoms with Gasteiger partial charge < -0.3 is 14.2 Å². The van der Waals surface area contributed by atoms with Crippen LogP contribution >= 0.6 is 0 Å². The molecule has 7 heteroatoms. The van der Waals surface area contributed by atoms with Gasteiger partial charge >= 0.3 is 24.2 Å². The van der Waals surface area contributed by atoms with Gasteiger partial charge in [0.25, 0.3) is 0 Å². The first-order chi connectivity index (χ1) is 9.97. The van der Waals surface area contributed by atoms with Gasteiger partial charge in [-0.15, -0.1) is 0 Å². The molecule has 0 bridgehead atoms. The van der Waals surface area contributed by atoms with E-state index in [1.54, 1.807) is 13.8 Å². The minimum Gasteiger partial charge on any atom is -0.428 e. The molecule has 22 heavy (non-hydrogen) atoms. The van der Waals surface area contributed by atoms with E-state index in [9.17, 15) is 9.59 Å². The summed E-state index contributed by atoms with van der Waals surface area (Å²) in [4.78, 5) is 32.5. The van der Waals surface area contributed by atoms with E-state index in [2.05, 4.69) is 11.5 Å². The zero-order valence-corrected chi connectivity index (χ0v) is 13.9. The van der Waals surface area contributed by atoms with Crippen molar-refractivity contribution in [1.82, 2.24) is 0 Å². The monoisotopic (exact) mass is 316 g/mol. The second-order valence-corrected chi connectivity index (χ2v) is 6.37. The molecule has 1 saturated heterocycles. The molecule has 0 N–H and O–H groups in total. The van der Waals surface area contributed by atoms with Crippen LogP contribution in [0.1, 0.15) is 48.0 Å². The van der Waals surface area contributed by atoms with Gasteiger partial charge in [0.15, 0.2) is 0 Å². The predicted molar refractivity (Wildman–Crippen MR) is 76.4 cm³/mol. The van der Waals surface area contributed by atoms with Crippen molar-refractivity contribution in [2.24, 2.45) is 5.41 Å². The molecule has 1 aliphatic heterocycles. The van der Waals surface area contributed by atoms with Crippen LogP contribution in [0, 0.1) is 5.41 Å². The van der Waals surface area contributed by atoms with E-state index in [1.165, 1.54) is 6.92 Å². The summed E-state index contributed by atoms with van der Waals surface area (Å²) < 4.78 is 15.3. The normalized spacial score (nSPS) is 24.9. The van der Waals surface area contributed by atoms with E-state index in [4.69, 9.17) is 19.1 Å². The quantitative estimate of drug-likeness (QED) is 0.423. The molecule has 1 heterocycles. The molecule has 0 aliphatic carbocycles. The molecule has 0 aromatic rings. The summed E-state index contributed by atoms with van der Waals surface area (Å²) in [6.45, 7) is 14.2. The van der Waals surface area contributed by atoms with Gasteiger partial charge in [-0.25, -0.2) is 9.59 Å². The Kier molecular flexibility index (Phi) is 5.25. The standard InChI is InChI=1S/C15H24O7/c1-8-10(16)18-11-15(7,22-21-11)20-12(17)19-14(5,6)13(3,4)9-2/h8,11H,1,9H2,2-7H3. The second kappa shape index (κ2) is 6.26. The van der Waals surface area contributed by atoms with Crippen LogP contribution in [0.2, 0.25) is 0 Å². The maximum absolute atomic E-state index is 12.0. The number of carbonyl (C=O) groups excluding carboxylic acids is 2. The van der Waals surface area contributed by atoms with Gasteiger partial charge in [0.1, 0.15) is 5.60 Å². The number of ether oxygens (including phenoxy) is 3. The fraction of sp³-hybridized carbons (Fsp3) is 0.733. The Bertz CT molecular complexity index is 455. The third-order valence-corrected chi connectivity index (χ3v) is 4.26. The van der Waals surface area contributed by atoms with Crippen LogP contribution in [0.4, 0.5) is 4.79 Å². The van der Waals surface area contributed by atoms with Crippen LogP contribution in [0.3, 0.4) is 0 Å². The van der Waals surface area contributed by atoms with Crippen LogP contribution in [0.15, 0.2) is 12.7 Å². The Labute approximate surface area is 130 Å². The highest BCUT2D eigenvalue weighted by Crippen LogP contribution is 2.38. The fourth-order valence-electron chi connectivity index (χ4n) is 1.53. The van der Waals surface area contributed by atoms with Gasteiger partial charge in [0.2, 0.25) is 0 Å². The summed E-state index contributed by atoms with van der Waals surface area (Å²) in [5.74, 6) is -2.27. The molecule has 0 saturated carbocycles. The minimum absolute atomic E-state index is 0.251. The van der Waals surface area contributed by atoms with Crippen LogP contribution in [0.5, 0.6) is 0 Å². The SMILES string of the molecule is C=CC(=O)OC1OOC1(C)OC(=O)OC(C)(C)C(C)(C)CC. The lowest BCUT2D eigenvalue weighted by Gasteiger charge is -2.43. The largest absolute Gasteiger partial charge is 0.511 e. The first kappa shape index (κ1) is 18.4. The third-order valence-electron chi connectivity index (χ3n) is 4.26. The first-order valence-electron chi connectivity index (χ1n) is 7.07. The van der Waals surface area contributed by atoms with E-state index >= 15 is 0 Å². The van der Waals surface area contributed by atoms with E-state index in [1.807, 2.05) is 20.8 Å². The first-order valence-corrected chi connectivity index (χ1v) is 7.07. The predicted octanol–water partition coefficient (Wildman–Crippen LogP) is 3.09. The molecule has 2 unspecified atom stereocenters. The van der Waals surface area contributed by atoms with Crippen molar-refractivity contribution in [1.29, 1.82) is 0 Å². The minimum atomic E-state index is -1.55. The Morgan fingerprint density at radius 1 is 1.32 bits per heavy atom. The van der Waals surface area contributed by atoms with Crippen LogP contribution in [-0.4, -0.2) is 29.8 Å². The number of hydrogen-bond acceptors (Lipinski definition) is 7. The van der Waals surface area contributed by atoms with Gasteiger partial charge in [0, 0.05) is 18.4 Å². The number of carbonyl (C=O) groups is 2. The molecule has 0 aromatic heterocycles. The molecule has 1 fully saturated rings. The highest BCUT2D eigenvalue weighted by Gasteiger charge is 2.55. The zero-order chi connectivity index (χ0) is 17.2.